The number of anilines is 1. The first-order valence-corrected chi connectivity index (χ1v) is 9.92. The summed E-state index contributed by atoms with van der Waals surface area (Å²) in [6.45, 7) is 1.07. The van der Waals surface area contributed by atoms with E-state index in [-0.39, 0.29) is 23.0 Å². The summed E-state index contributed by atoms with van der Waals surface area (Å²) in [5, 5.41) is 27.8. The second-order valence-electron chi connectivity index (χ2n) is 6.32. The second-order valence-corrected chi connectivity index (χ2v) is 7.28. The topological polar surface area (TPSA) is 144 Å². The van der Waals surface area contributed by atoms with Gasteiger partial charge in [-0.25, -0.2) is 9.97 Å². The van der Waals surface area contributed by atoms with E-state index in [4.69, 9.17) is 15.2 Å². The molecule has 4 rings (SSSR count). The highest BCUT2D eigenvalue weighted by Gasteiger charge is 2.23. The van der Waals surface area contributed by atoms with E-state index in [1.54, 1.807) is 30.6 Å². The molecular formula is C20H15N7O2S. The van der Waals surface area contributed by atoms with Crippen molar-refractivity contribution < 1.29 is 9.47 Å². The van der Waals surface area contributed by atoms with Crippen LogP contribution in [0.4, 0.5) is 5.82 Å². The monoisotopic (exact) mass is 417 g/mol. The van der Waals surface area contributed by atoms with Crippen LogP contribution in [0.15, 0.2) is 41.7 Å². The molecule has 148 valence electrons. The number of ether oxygens (including phenoxy) is 2. The number of rotatable bonds is 6. The summed E-state index contributed by atoms with van der Waals surface area (Å²) in [7, 11) is 0. The number of hydrogen-bond donors (Lipinski definition) is 1. The molecule has 0 amide bonds. The Bertz CT molecular complexity index is 1140. The van der Waals surface area contributed by atoms with Gasteiger partial charge in [-0.2, -0.15) is 20.7 Å². The average molecular weight is 417 g/mol. The van der Waals surface area contributed by atoms with Crippen molar-refractivity contribution in [2.45, 2.75) is 16.9 Å². The van der Waals surface area contributed by atoms with Gasteiger partial charge in [-0.3, -0.25) is 0 Å². The maximum absolute atomic E-state index is 9.84. The van der Waals surface area contributed by atoms with Gasteiger partial charge >= 0.3 is 0 Å². The van der Waals surface area contributed by atoms with Crippen LogP contribution in [-0.2, 0) is 10.5 Å². The quantitative estimate of drug-likeness (QED) is 0.593. The number of aromatic nitrogens is 4. The number of nitrogen functional groups attached to an aromatic ring is 1. The van der Waals surface area contributed by atoms with Gasteiger partial charge in [0.25, 0.3) is 0 Å². The molecule has 1 fully saturated rings. The number of thioether (sulfide) groups is 1. The lowest BCUT2D eigenvalue weighted by atomic mass is 9.98. The van der Waals surface area contributed by atoms with Crippen molar-refractivity contribution in [1.82, 2.24) is 20.2 Å². The summed E-state index contributed by atoms with van der Waals surface area (Å²) >= 11 is 1.30. The Kier molecular flexibility index (Phi) is 5.70. The van der Waals surface area contributed by atoms with E-state index >= 15 is 0 Å². The van der Waals surface area contributed by atoms with E-state index in [0.29, 0.717) is 41.0 Å². The predicted molar refractivity (Wildman–Crippen MR) is 108 cm³/mol. The number of pyridine rings is 2. The van der Waals surface area contributed by atoms with Gasteiger partial charge < -0.3 is 15.2 Å². The Balaban J connectivity index is 1.69. The minimum absolute atomic E-state index is 0.00616. The van der Waals surface area contributed by atoms with Gasteiger partial charge in [-0.15, -0.1) is 0 Å². The molecule has 0 saturated carbocycles. The lowest BCUT2D eigenvalue weighted by Gasteiger charge is -2.26. The lowest BCUT2D eigenvalue weighted by Crippen LogP contribution is -2.38. The third kappa shape index (κ3) is 4.01. The molecule has 0 aliphatic carbocycles. The maximum Gasteiger partial charge on any atom is 0.213 e. The molecule has 0 aromatic carbocycles. The van der Waals surface area contributed by atoms with Crippen molar-refractivity contribution in [1.29, 1.82) is 10.5 Å². The van der Waals surface area contributed by atoms with Gasteiger partial charge in [-0.1, -0.05) is 11.8 Å². The normalized spacial score (nSPS) is 13.1. The number of nitrogens with zero attached hydrogens (tertiary/aromatic N) is 6. The molecule has 1 aliphatic rings. The van der Waals surface area contributed by atoms with Crippen LogP contribution >= 0.6 is 11.8 Å². The molecule has 0 spiro atoms. The number of nitrogens with two attached hydrogens (primary N) is 1. The van der Waals surface area contributed by atoms with Crippen LogP contribution in [-0.4, -0.2) is 39.5 Å². The molecule has 0 unspecified atom stereocenters. The van der Waals surface area contributed by atoms with Crippen LogP contribution in [0.3, 0.4) is 0 Å². The summed E-state index contributed by atoms with van der Waals surface area (Å²) in [5.41, 5.74) is 8.16. The molecule has 1 aliphatic heterocycles. The highest BCUT2D eigenvalue weighted by atomic mass is 32.2. The molecule has 10 heteroatoms. The van der Waals surface area contributed by atoms with Gasteiger partial charge in [0, 0.05) is 35.3 Å². The maximum atomic E-state index is 9.84. The molecule has 9 nitrogen and oxygen atoms in total. The van der Waals surface area contributed by atoms with Crippen molar-refractivity contribution >= 4 is 17.6 Å². The first-order chi connectivity index (χ1) is 14.7. The van der Waals surface area contributed by atoms with Gasteiger partial charge in [0.2, 0.25) is 5.88 Å². The summed E-state index contributed by atoms with van der Waals surface area (Å²) in [6, 6.07) is 11.3. The fraction of sp³-hybridized carbons (Fsp3) is 0.200. The molecule has 0 atom stereocenters. The van der Waals surface area contributed by atoms with Gasteiger partial charge in [0.15, 0.2) is 0 Å². The minimum atomic E-state index is -0.00616. The van der Waals surface area contributed by atoms with Crippen molar-refractivity contribution in [2.75, 3.05) is 18.9 Å². The van der Waals surface area contributed by atoms with Crippen LogP contribution in [0.25, 0.3) is 11.1 Å². The number of hydrogen-bond acceptors (Lipinski definition) is 10. The molecule has 3 aromatic rings. The second kappa shape index (κ2) is 8.74. The largest absolute Gasteiger partial charge is 0.469 e. The van der Waals surface area contributed by atoms with E-state index in [2.05, 4.69) is 32.3 Å². The van der Waals surface area contributed by atoms with Crippen LogP contribution in [0, 0.1) is 22.7 Å². The fourth-order valence-electron chi connectivity index (χ4n) is 2.79. The van der Waals surface area contributed by atoms with Crippen LogP contribution < -0.4 is 10.5 Å². The third-order valence-corrected chi connectivity index (χ3v) is 5.33. The third-order valence-electron chi connectivity index (χ3n) is 4.32. The van der Waals surface area contributed by atoms with E-state index in [1.165, 1.54) is 11.8 Å². The van der Waals surface area contributed by atoms with Crippen molar-refractivity contribution in [3.8, 4) is 29.1 Å². The smallest absolute Gasteiger partial charge is 0.213 e. The van der Waals surface area contributed by atoms with Gasteiger partial charge in [0.1, 0.15) is 34.6 Å². The molecular weight excluding hydrogens is 402 g/mol. The highest BCUT2D eigenvalue weighted by Crippen LogP contribution is 2.36. The molecule has 2 N–H and O–H groups in total. The molecule has 0 bridgehead atoms. The zero-order valence-electron chi connectivity index (χ0n) is 15.6. The van der Waals surface area contributed by atoms with E-state index in [0.717, 1.165) is 5.69 Å². The van der Waals surface area contributed by atoms with E-state index < -0.39 is 0 Å². The summed E-state index contributed by atoms with van der Waals surface area (Å²) < 4.78 is 10.8. The Morgan fingerprint density at radius 3 is 2.63 bits per heavy atom. The first kappa shape index (κ1) is 19.6. The van der Waals surface area contributed by atoms with Gasteiger partial charge in [0.05, 0.1) is 24.5 Å². The zero-order chi connectivity index (χ0) is 20.9. The van der Waals surface area contributed by atoms with Crippen LogP contribution in [0.1, 0.15) is 16.8 Å². The molecule has 3 aromatic heterocycles. The summed E-state index contributed by atoms with van der Waals surface area (Å²) in [5.74, 6) is 0.956. The molecule has 0 radical (unpaired) electrons. The molecule has 30 heavy (non-hydrogen) atoms. The standard InChI is InChI=1S/C20H15N7O2S/c21-6-15-18(12-3-4-17(24-8-12)29-14-9-28-10-14)16(7-22)20(26-19(15)23)30-11-13-2-1-5-25-27-13/h1-5,8,14H,9-11H2,(H2,23,26). The van der Waals surface area contributed by atoms with Crippen molar-refractivity contribution in [2.24, 2.45) is 0 Å². The Morgan fingerprint density at radius 1 is 1.20 bits per heavy atom. The lowest BCUT2D eigenvalue weighted by molar-refractivity contribution is -0.0813. The van der Waals surface area contributed by atoms with Gasteiger partial charge in [-0.05, 0) is 18.2 Å². The zero-order valence-corrected chi connectivity index (χ0v) is 16.5. The predicted octanol–water partition coefficient (Wildman–Crippen LogP) is 2.33. The Labute approximate surface area is 176 Å². The SMILES string of the molecule is N#Cc1c(N)nc(SCc2cccnn2)c(C#N)c1-c1ccc(OC2COC2)nc1. The van der Waals surface area contributed by atoms with E-state index in [1.807, 2.05) is 6.07 Å². The Hall–Kier alpha value is -3.73. The highest BCUT2D eigenvalue weighted by molar-refractivity contribution is 7.98. The molecule has 4 heterocycles. The number of nitriles is 2. The average Bonchev–Trinajstić information content (AvgIpc) is 2.75. The fourth-order valence-corrected chi connectivity index (χ4v) is 3.69. The molecule has 1 saturated heterocycles. The Morgan fingerprint density at radius 2 is 2.03 bits per heavy atom. The van der Waals surface area contributed by atoms with E-state index in [9.17, 15) is 10.5 Å². The van der Waals surface area contributed by atoms with Crippen LogP contribution in [0.5, 0.6) is 5.88 Å². The van der Waals surface area contributed by atoms with Crippen molar-refractivity contribution in [3.05, 3.63) is 53.5 Å². The summed E-state index contributed by atoms with van der Waals surface area (Å²) in [4.78, 5) is 8.58. The summed E-state index contributed by atoms with van der Waals surface area (Å²) in [6.07, 6.45) is 3.14. The first-order valence-electron chi connectivity index (χ1n) is 8.93. The van der Waals surface area contributed by atoms with Crippen molar-refractivity contribution in [3.63, 3.8) is 0 Å². The minimum Gasteiger partial charge on any atom is -0.469 e. The van der Waals surface area contributed by atoms with Crippen LogP contribution in [0.2, 0.25) is 0 Å².